The third kappa shape index (κ3) is 6.90. The van der Waals surface area contributed by atoms with Crippen molar-refractivity contribution >= 4 is 34.5 Å². The maximum Gasteiger partial charge on any atom is 0.338 e. The summed E-state index contributed by atoms with van der Waals surface area (Å²) in [4.78, 5) is 40.9. The zero-order chi connectivity index (χ0) is 39.5. The van der Waals surface area contributed by atoms with Crippen LogP contribution in [0.1, 0.15) is 85.5 Å². The molecule has 0 aromatic heterocycles. The van der Waals surface area contributed by atoms with Crippen LogP contribution < -0.4 is 0 Å². The normalized spacial score (nSPS) is 36.5. The standard InChI is InChI=1S/C40H62O11Si2/c1-13-53(14-2,15-3)51-29-21-30-39(23-46-30,49-26(6)42)33-35(48-36(44)27-19-17-16-18-20-27)40(45)22-28(50-52(10,11)12)24(4)31(37(40,7)8)32(43)34(38(29,33)9)47-25(5)41/h16-20,28-30,32-35,43,45H,13-15,21-23H2,1-12H3/t28-,29-,30+,32+,33?,34+,35-,38+,39-,40+/m0/s1. The topological polar surface area (TPSA) is 147 Å². The van der Waals surface area contributed by atoms with Crippen molar-refractivity contribution in [3.8, 4) is 0 Å². The van der Waals surface area contributed by atoms with Gasteiger partial charge in [-0.05, 0) is 68.0 Å². The lowest BCUT2D eigenvalue weighted by Crippen LogP contribution is -2.83. The molecule has 4 aliphatic rings. The molecule has 53 heavy (non-hydrogen) atoms. The number of carbonyl (C=O) groups is 3. The fourth-order valence-corrected chi connectivity index (χ4v) is 14.3. The maximum atomic E-state index is 14.4. The van der Waals surface area contributed by atoms with Crippen LogP contribution in [0.4, 0.5) is 0 Å². The second kappa shape index (κ2) is 14.6. The van der Waals surface area contributed by atoms with E-state index >= 15 is 0 Å². The Hall–Kier alpha value is -2.40. The van der Waals surface area contributed by atoms with E-state index in [1.54, 1.807) is 30.3 Å². The Morgan fingerprint density at radius 2 is 1.51 bits per heavy atom. The van der Waals surface area contributed by atoms with Crippen molar-refractivity contribution in [2.45, 2.75) is 161 Å². The summed E-state index contributed by atoms with van der Waals surface area (Å²) in [7, 11) is -4.74. The lowest BCUT2D eigenvalue weighted by atomic mass is 9.44. The summed E-state index contributed by atoms with van der Waals surface area (Å²) in [6.45, 7) is 22.5. The Balaban J connectivity index is 1.92. The molecule has 2 bridgehead atoms. The largest absolute Gasteiger partial charge is 0.459 e. The number of rotatable bonds is 11. The molecule has 0 spiro atoms. The average Bonchev–Trinajstić information content (AvgIpc) is 3.07. The molecule has 0 amide bonds. The molecule has 1 saturated heterocycles. The van der Waals surface area contributed by atoms with Gasteiger partial charge in [-0.1, -0.05) is 59.7 Å². The highest BCUT2D eigenvalue weighted by Gasteiger charge is 2.79. The third-order valence-corrected chi connectivity index (χ3v) is 18.8. The smallest absolute Gasteiger partial charge is 0.338 e. The molecule has 11 nitrogen and oxygen atoms in total. The van der Waals surface area contributed by atoms with Crippen molar-refractivity contribution in [3.63, 3.8) is 0 Å². The van der Waals surface area contributed by atoms with Gasteiger partial charge in [0.05, 0.1) is 30.3 Å². The minimum Gasteiger partial charge on any atom is -0.459 e. The zero-order valence-corrected chi connectivity index (χ0v) is 35.7. The first-order valence-corrected chi connectivity index (χ1v) is 25.2. The summed E-state index contributed by atoms with van der Waals surface area (Å²) in [5.41, 5.74) is -4.57. The van der Waals surface area contributed by atoms with E-state index in [1.165, 1.54) is 13.8 Å². The van der Waals surface area contributed by atoms with Crippen LogP contribution in [-0.4, -0.2) is 99.2 Å². The van der Waals surface area contributed by atoms with Crippen molar-refractivity contribution in [3.05, 3.63) is 47.0 Å². The number of esters is 3. The van der Waals surface area contributed by atoms with Crippen LogP contribution in [0.2, 0.25) is 37.8 Å². The molecule has 1 aliphatic heterocycles. The number of ether oxygens (including phenoxy) is 4. The Bertz CT molecular complexity index is 1580. The van der Waals surface area contributed by atoms with Crippen molar-refractivity contribution in [1.29, 1.82) is 0 Å². The van der Waals surface area contributed by atoms with Crippen LogP contribution in [0, 0.1) is 16.7 Å². The Labute approximate surface area is 317 Å². The number of hydrogen-bond donors (Lipinski definition) is 2. The molecule has 2 saturated carbocycles. The van der Waals surface area contributed by atoms with Gasteiger partial charge in [0.25, 0.3) is 0 Å². The second-order valence-electron chi connectivity index (χ2n) is 17.5. The van der Waals surface area contributed by atoms with E-state index in [-0.39, 0.29) is 25.0 Å². The molecule has 3 fully saturated rings. The molecule has 296 valence electrons. The molecule has 1 unspecified atom stereocenters. The summed E-state index contributed by atoms with van der Waals surface area (Å²) < 4.78 is 39.8. The quantitative estimate of drug-likeness (QED) is 0.113. The molecule has 1 aromatic carbocycles. The van der Waals surface area contributed by atoms with Gasteiger partial charge < -0.3 is 38.0 Å². The number of hydrogen-bond acceptors (Lipinski definition) is 11. The van der Waals surface area contributed by atoms with Gasteiger partial charge in [0.15, 0.2) is 22.2 Å². The maximum absolute atomic E-state index is 14.4. The van der Waals surface area contributed by atoms with Crippen molar-refractivity contribution < 1.29 is 52.4 Å². The number of aliphatic hydroxyl groups excluding tert-OH is 1. The predicted octanol–water partition coefficient (Wildman–Crippen LogP) is 6.33. The van der Waals surface area contributed by atoms with E-state index in [4.69, 9.17) is 27.8 Å². The highest BCUT2D eigenvalue weighted by molar-refractivity contribution is 6.73. The summed E-state index contributed by atoms with van der Waals surface area (Å²) in [5.74, 6) is -2.97. The van der Waals surface area contributed by atoms with Crippen molar-refractivity contribution in [2.24, 2.45) is 16.7 Å². The van der Waals surface area contributed by atoms with Crippen LogP contribution in [-0.2, 0) is 37.4 Å². The SMILES string of the molecule is CC[Si](CC)(CC)O[C@H]1C[C@H]2OC[C@@]2(OC(C)=O)C2[C@H](OC(=O)c3ccccc3)[C@]3(O)C[C@H](O[Si](C)(C)C)C(C)=C([C@@H](O)[C@@H](OC(C)=O)[C@@]21C)C3(C)C. The molecule has 2 N–H and O–H groups in total. The van der Waals surface area contributed by atoms with E-state index in [2.05, 4.69) is 20.8 Å². The van der Waals surface area contributed by atoms with E-state index in [1.807, 2.05) is 47.3 Å². The first-order valence-electron chi connectivity index (χ1n) is 19.3. The minimum atomic E-state index is -2.45. The molecule has 13 heteroatoms. The number of carbonyl (C=O) groups excluding carboxylic acids is 3. The van der Waals surface area contributed by atoms with E-state index in [0.717, 1.165) is 23.7 Å². The van der Waals surface area contributed by atoms with Gasteiger partial charge in [-0.3, -0.25) is 9.59 Å². The van der Waals surface area contributed by atoms with Gasteiger partial charge >= 0.3 is 17.9 Å². The number of benzene rings is 1. The van der Waals surface area contributed by atoms with Gasteiger partial charge in [0.2, 0.25) is 0 Å². The summed E-state index contributed by atoms with van der Waals surface area (Å²) >= 11 is 0. The van der Waals surface area contributed by atoms with Gasteiger partial charge in [0.1, 0.15) is 30.0 Å². The zero-order valence-electron chi connectivity index (χ0n) is 33.7. The molecule has 0 radical (unpaired) electrons. The van der Waals surface area contributed by atoms with Crippen molar-refractivity contribution in [1.82, 2.24) is 0 Å². The first-order chi connectivity index (χ1) is 24.6. The summed E-state index contributed by atoms with van der Waals surface area (Å²) in [6, 6.07) is 11.0. The molecular weight excluding hydrogens is 713 g/mol. The highest BCUT2D eigenvalue weighted by Crippen LogP contribution is 2.66. The molecule has 3 aliphatic carbocycles. The average molecular weight is 775 g/mol. The second-order valence-corrected chi connectivity index (χ2v) is 26.7. The lowest BCUT2D eigenvalue weighted by Gasteiger charge is -2.70. The van der Waals surface area contributed by atoms with Gasteiger partial charge in [0, 0.05) is 37.5 Å². The fraction of sp³-hybridized carbons (Fsp3) is 0.725. The van der Waals surface area contributed by atoms with Gasteiger partial charge in [-0.2, -0.15) is 0 Å². The van der Waals surface area contributed by atoms with Crippen LogP contribution in [0.15, 0.2) is 41.5 Å². The Morgan fingerprint density at radius 3 is 2.00 bits per heavy atom. The van der Waals surface area contributed by atoms with Crippen LogP contribution in [0.5, 0.6) is 0 Å². The lowest BCUT2D eigenvalue weighted by molar-refractivity contribution is -0.363. The van der Waals surface area contributed by atoms with E-state index < -0.39 is 99.1 Å². The molecule has 10 atom stereocenters. The monoisotopic (exact) mass is 774 g/mol. The molecule has 1 aromatic rings. The van der Waals surface area contributed by atoms with Gasteiger partial charge in [-0.15, -0.1) is 0 Å². The van der Waals surface area contributed by atoms with Gasteiger partial charge in [-0.25, -0.2) is 4.79 Å². The predicted molar refractivity (Wildman–Crippen MR) is 204 cm³/mol. The molecule has 5 rings (SSSR count). The van der Waals surface area contributed by atoms with Crippen molar-refractivity contribution in [2.75, 3.05) is 6.61 Å². The number of aliphatic hydroxyl groups is 2. The molecule has 1 heterocycles. The summed E-state index contributed by atoms with van der Waals surface area (Å²) in [6.07, 6.45) is -5.90. The van der Waals surface area contributed by atoms with E-state index in [9.17, 15) is 24.6 Å². The Kier molecular flexibility index (Phi) is 11.5. The minimum absolute atomic E-state index is 0.0225. The van der Waals surface area contributed by atoms with E-state index in [0.29, 0.717) is 5.57 Å². The van der Waals surface area contributed by atoms with Crippen LogP contribution in [0.3, 0.4) is 0 Å². The van der Waals surface area contributed by atoms with Crippen LogP contribution >= 0.6 is 0 Å². The number of fused-ring (bicyclic) bond motifs is 5. The van der Waals surface area contributed by atoms with Crippen LogP contribution in [0.25, 0.3) is 0 Å². The Morgan fingerprint density at radius 1 is 0.906 bits per heavy atom. The summed E-state index contributed by atoms with van der Waals surface area (Å²) in [5, 5.41) is 26.7. The fourth-order valence-electron chi connectivity index (χ4n) is 10.2. The highest BCUT2D eigenvalue weighted by atomic mass is 28.4. The third-order valence-electron chi connectivity index (χ3n) is 13.2. The molecular formula is C40H62O11Si2. The first kappa shape index (κ1) is 41.8.